The van der Waals surface area contributed by atoms with Gasteiger partial charge >= 0.3 is 0 Å². The second-order valence-electron chi connectivity index (χ2n) is 2.59. The molecule has 0 radical (unpaired) electrons. The third-order valence-corrected chi connectivity index (χ3v) is 2.08. The van der Waals surface area contributed by atoms with Gasteiger partial charge in [-0.3, -0.25) is 0 Å². The Kier molecular flexibility index (Phi) is 2.17. The molecule has 0 saturated heterocycles. The fourth-order valence-corrected chi connectivity index (χ4v) is 1.36. The van der Waals surface area contributed by atoms with E-state index in [0.717, 1.165) is 0 Å². The molecule has 0 aliphatic rings. The van der Waals surface area contributed by atoms with Crippen molar-refractivity contribution in [3.8, 4) is 11.8 Å². The molecule has 0 unspecified atom stereocenters. The summed E-state index contributed by atoms with van der Waals surface area (Å²) < 4.78 is 1.50. The second kappa shape index (κ2) is 3.48. The van der Waals surface area contributed by atoms with Crippen LogP contribution in [0, 0.1) is 11.3 Å². The predicted molar refractivity (Wildman–Crippen MR) is 51.1 cm³/mol. The van der Waals surface area contributed by atoms with E-state index >= 15 is 0 Å². The van der Waals surface area contributed by atoms with Crippen LogP contribution >= 0.6 is 11.6 Å². The highest BCUT2D eigenvalue weighted by Crippen LogP contribution is 2.21. The van der Waals surface area contributed by atoms with Gasteiger partial charge in [-0.15, -0.1) is 0 Å². The highest BCUT2D eigenvalue weighted by molar-refractivity contribution is 6.32. The standard InChI is InChI=1S/C9H5ClN4/c10-8-2-1-3-9(7(8)4-11)14-6-12-5-13-14/h1-3,5-6H. The Morgan fingerprint density at radius 1 is 1.43 bits per heavy atom. The Hall–Kier alpha value is -1.86. The quantitative estimate of drug-likeness (QED) is 0.712. The summed E-state index contributed by atoms with van der Waals surface area (Å²) in [4.78, 5) is 3.80. The summed E-state index contributed by atoms with van der Waals surface area (Å²) in [5.41, 5.74) is 1.04. The van der Waals surface area contributed by atoms with Crippen molar-refractivity contribution in [3.63, 3.8) is 0 Å². The lowest BCUT2D eigenvalue weighted by Crippen LogP contribution is -1.97. The molecule has 0 aliphatic heterocycles. The van der Waals surface area contributed by atoms with Gasteiger partial charge in [0.1, 0.15) is 18.7 Å². The molecule has 0 N–H and O–H groups in total. The van der Waals surface area contributed by atoms with Crippen molar-refractivity contribution in [1.82, 2.24) is 14.8 Å². The molecule has 5 heteroatoms. The average molecular weight is 205 g/mol. The summed E-state index contributed by atoms with van der Waals surface area (Å²) in [5, 5.41) is 13.3. The summed E-state index contributed by atoms with van der Waals surface area (Å²) >= 11 is 5.86. The molecule has 0 bridgehead atoms. The van der Waals surface area contributed by atoms with Crippen LogP contribution in [0.3, 0.4) is 0 Å². The summed E-state index contributed by atoms with van der Waals surface area (Å²) in [6.45, 7) is 0. The molecule has 68 valence electrons. The minimum absolute atomic E-state index is 0.402. The summed E-state index contributed by atoms with van der Waals surface area (Å²) in [7, 11) is 0. The monoisotopic (exact) mass is 204 g/mol. The maximum absolute atomic E-state index is 8.90. The number of nitriles is 1. The van der Waals surface area contributed by atoms with E-state index < -0.39 is 0 Å². The van der Waals surface area contributed by atoms with Crippen LogP contribution in [0.25, 0.3) is 5.69 Å². The van der Waals surface area contributed by atoms with Crippen molar-refractivity contribution < 1.29 is 0 Å². The molecule has 0 amide bonds. The van der Waals surface area contributed by atoms with Crippen molar-refractivity contribution >= 4 is 11.6 Å². The van der Waals surface area contributed by atoms with Crippen molar-refractivity contribution in [1.29, 1.82) is 5.26 Å². The zero-order valence-electron chi connectivity index (χ0n) is 7.05. The number of nitrogens with zero attached hydrogens (tertiary/aromatic N) is 4. The Balaban J connectivity index is 2.66. The minimum atomic E-state index is 0.402. The molecular weight excluding hydrogens is 200 g/mol. The van der Waals surface area contributed by atoms with Crippen molar-refractivity contribution in [3.05, 3.63) is 41.4 Å². The smallest absolute Gasteiger partial charge is 0.138 e. The van der Waals surface area contributed by atoms with Gasteiger partial charge in [0, 0.05) is 0 Å². The number of aromatic nitrogens is 3. The van der Waals surface area contributed by atoms with E-state index in [1.165, 1.54) is 17.3 Å². The van der Waals surface area contributed by atoms with Crippen LogP contribution in [-0.4, -0.2) is 14.8 Å². The maximum Gasteiger partial charge on any atom is 0.138 e. The number of hydrogen-bond acceptors (Lipinski definition) is 3. The van der Waals surface area contributed by atoms with Gasteiger partial charge in [0.05, 0.1) is 16.3 Å². The fourth-order valence-electron chi connectivity index (χ4n) is 1.15. The van der Waals surface area contributed by atoms with E-state index in [2.05, 4.69) is 10.1 Å². The minimum Gasteiger partial charge on any atom is -0.223 e. The lowest BCUT2D eigenvalue weighted by molar-refractivity contribution is 0.876. The van der Waals surface area contributed by atoms with E-state index in [0.29, 0.717) is 16.3 Å². The number of halogens is 1. The Morgan fingerprint density at radius 2 is 2.29 bits per heavy atom. The molecule has 0 saturated carbocycles. The van der Waals surface area contributed by atoms with Crippen molar-refractivity contribution in [2.75, 3.05) is 0 Å². The van der Waals surface area contributed by atoms with Gasteiger partial charge in [-0.2, -0.15) is 10.4 Å². The fraction of sp³-hybridized carbons (Fsp3) is 0. The first-order valence-electron chi connectivity index (χ1n) is 3.86. The number of rotatable bonds is 1. The molecule has 0 fully saturated rings. The van der Waals surface area contributed by atoms with Crippen LogP contribution in [-0.2, 0) is 0 Å². The number of benzene rings is 1. The molecule has 2 aromatic rings. The highest BCUT2D eigenvalue weighted by Gasteiger charge is 2.07. The molecule has 0 spiro atoms. The first-order valence-corrected chi connectivity index (χ1v) is 4.24. The van der Waals surface area contributed by atoms with Gasteiger partial charge in [-0.05, 0) is 12.1 Å². The molecule has 0 aliphatic carbocycles. The first-order chi connectivity index (χ1) is 6.83. The third kappa shape index (κ3) is 1.34. The van der Waals surface area contributed by atoms with Gasteiger partial charge in [0.15, 0.2) is 0 Å². The van der Waals surface area contributed by atoms with Gasteiger partial charge in [-0.1, -0.05) is 17.7 Å². The zero-order chi connectivity index (χ0) is 9.97. The normalized spacial score (nSPS) is 9.71. The van der Waals surface area contributed by atoms with Gasteiger partial charge < -0.3 is 0 Å². The van der Waals surface area contributed by atoms with E-state index in [9.17, 15) is 0 Å². The maximum atomic E-state index is 8.90. The topological polar surface area (TPSA) is 54.5 Å². The lowest BCUT2D eigenvalue weighted by atomic mass is 10.2. The van der Waals surface area contributed by atoms with Crippen molar-refractivity contribution in [2.24, 2.45) is 0 Å². The molecule has 1 aromatic heterocycles. The SMILES string of the molecule is N#Cc1c(Cl)cccc1-n1cncn1. The van der Waals surface area contributed by atoms with E-state index in [1.807, 2.05) is 6.07 Å². The highest BCUT2D eigenvalue weighted by atomic mass is 35.5. The van der Waals surface area contributed by atoms with Gasteiger partial charge in [-0.25, -0.2) is 9.67 Å². The Bertz CT molecular complexity index is 484. The summed E-state index contributed by atoms with van der Waals surface area (Å²) in [6.07, 6.45) is 2.93. The molecule has 2 rings (SSSR count). The molecule has 4 nitrogen and oxygen atoms in total. The largest absolute Gasteiger partial charge is 0.223 e. The molecular formula is C9H5ClN4. The lowest BCUT2D eigenvalue weighted by Gasteiger charge is -2.03. The van der Waals surface area contributed by atoms with Crippen LogP contribution < -0.4 is 0 Å². The number of hydrogen-bond donors (Lipinski definition) is 0. The summed E-state index contributed by atoms with van der Waals surface area (Å²) in [6, 6.07) is 7.23. The van der Waals surface area contributed by atoms with Crippen LogP contribution in [0.2, 0.25) is 5.02 Å². The van der Waals surface area contributed by atoms with Crippen LogP contribution in [0.5, 0.6) is 0 Å². The van der Waals surface area contributed by atoms with Crippen molar-refractivity contribution in [2.45, 2.75) is 0 Å². The molecule has 1 aromatic carbocycles. The van der Waals surface area contributed by atoms with E-state index in [4.69, 9.17) is 16.9 Å². The van der Waals surface area contributed by atoms with Crippen LogP contribution in [0.4, 0.5) is 0 Å². The first kappa shape index (κ1) is 8.73. The average Bonchev–Trinajstić information content (AvgIpc) is 2.70. The Morgan fingerprint density at radius 3 is 2.93 bits per heavy atom. The van der Waals surface area contributed by atoms with E-state index in [1.54, 1.807) is 18.2 Å². The predicted octanol–water partition coefficient (Wildman–Crippen LogP) is 1.79. The molecule has 1 heterocycles. The van der Waals surface area contributed by atoms with Crippen LogP contribution in [0.1, 0.15) is 5.56 Å². The molecule has 0 atom stereocenters. The van der Waals surface area contributed by atoms with Gasteiger partial charge in [0.25, 0.3) is 0 Å². The summed E-state index contributed by atoms with van der Waals surface area (Å²) in [5.74, 6) is 0. The zero-order valence-corrected chi connectivity index (χ0v) is 7.81. The Labute approximate surface area is 85.4 Å². The van der Waals surface area contributed by atoms with Crippen LogP contribution in [0.15, 0.2) is 30.9 Å². The van der Waals surface area contributed by atoms with Gasteiger partial charge in [0.2, 0.25) is 0 Å². The third-order valence-electron chi connectivity index (χ3n) is 1.77. The second-order valence-corrected chi connectivity index (χ2v) is 2.99. The molecule has 14 heavy (non-hydrogen) atoms. The van der Waals surface area contributed by atoms with E-state index in [-0.39, 0.29) is 0 Å².